The zero-order valence-corrected chi connectivity index (χ0v) is 19.9. The third-order valence-corrected chi connectivity index (χ3v) is 5.87. The molecule has 0 radical (unpaired) electrons. The number of rotatable bonds is 6. The van der Waals surface area contributed by atoms with E-state index in [2.05, 4.69) is 10.6 Å². The Labute approximate surface area is 207 Å². The lowest BCUT2D eigenvalue weighted by Crippen LogP contribution is -2.32. The van der Waals surface area contributed by atoms with Crippen LogP contribution in [0.3, 0.4) is 0 Å². The van der Waals surface area contributed by atoms with Crippen molar-refractivity contribution in [3.63, 3.8) is 0 Å². The molecule has 2 amide bonds. The topological polar surface area (TPSA) is 85.1 Å². The largest absolute Gasteiger partial charge is 0.317 e. The van der Waals surface area contributed by atoms with Crippen LogP contribution < -0.4 is 16.2 Å². The van der Waals surface area contributed by atoms with Crippen molar-refractivity contribution in [2.24, 2.45) is 7.05 Å². The first-order valence-corrected chi connectivity index (χ1v) is 11.2. The summed E-state index contributed by atoms with van der Waals surface area (Å²) >= 11 is 6.28. The molecule has 0 aliphatic rings. The molecule has 0 bridgehead atoms. The molecule has 3 aromatic carbocycles. The molecule has 2 N–H and O–H groups in total. The number of amides is 2. The van der Waals surface area contributed by atoms with Crippen LogP contribution in [-0.2, 0) is 11.8 Å². The number of aromatic nitrogens is 2. The molecule has 35 heavy (non-hydrogen) atoms. The maximum absolute atomic E-state index is 13.4. The summed E-state index contributed by atoms with van der Waals surface area (Å²) in [6.45, 7) is 1.73. The van der Waals surface area contributed by atoms with E-state index in [-0.39, 0.29) is 11.4 Å². The van der Waals surface area contributed by atoms with Gasteiger partial charge in [0, 0.05) is 17.6 Å². The van der Waals surface area contributed by atoms with Crippen LogP contribution in [0.4, 0.5) is 5.69 Å². The monoisotopic (exact) mass is 486 g/mol. The van der Waals surface area contributed by atoms with Crippen molar-refractivity contribution in [3.05, 3.63) is 123 Å². The Morgan fingerprint density at radius 2 is 1.49 bits per heavy atom. The quantitative estimate of drug-likeness (QED) is 0.392. The summed E-state index contributed by atoms with van der Waals surface area (Å²) in [7, 11) is 1.73. The van der Waals surface area contributed by atoms with Crippen LogP contribution in [-0.4, -0.2) is 21.2 Å². The minimum atomic E-state index is -0.653. The Hall–Kier alpha value is -4.36. The maximum atomic E-state index is 13.4. The Balaban J connectivity index is 1.71. The van der Waals surface area contributed by atoms with Crippen molar-refractivity contribution in [1.82, 2.24) is 14.7 Å². The summed E-state index contributed by atoms with van der Waals surface area (Å²) in [6.07, 6.45) is 1.48. The number of hydrogen-bond donors (Lipinski definition) is 2. The van der Waals surface area contributed by atoms with E-state index in [0.29, 0.717) is 27.5 Å². The summed E-state index contributed by atoms with van der Waals surface area (Å²) in [4.78, 5) is 39.4. The lowest BCUT2D eigenvalue weighted by molar-refractivity contribution is -0.113. The highest BCUT2D eigenvalue weighted by Gasteiger charge is 2.21. The van der Waals surface area contributed by atoms with Crippen molar-refractivity contribution in [2.75, 3.05) is 5.32 Å². The van der Waals surface area contributed by atoms with Gasteiger partial charge in [0.1, 0.15) is 11.4 Å². The maximum Gasteiger partial charge on any atom is 0.295 e. The number of nitrogens with zero attached hydrogens (tertiary/aromatic N) is 2. The fourth-order valence-electron chi connectivity index (χ4n) is 3.58. The number of halogens is 1. The fraction of sp³-hybridized carbons (Fsp3) is 0.0741. The van der Waals surface area contributed by atoms with Gasteiger partial charge in [0.05, 0.1) is 11.4 Å². The van der Waals surface area contributed by atoms with Crippen LogP contribution in [0.25, 0.3) is 11.8 Å². The first-order valence-electron chi connectivity index (χ1n) is 10.8. The van der Waals surface area contributed by atoms with E-state index in [1.807, 2.05) is 18.2 Å². The molecule has 8 heteroatoms. The molecule has 4 aromatic rings. The van der Waals surface area contributed by atoms with Crippen LogP contribution in [0.5, 0.6) is 0 Å². The first-order chi connectivity index (χ1) is 16.9. The number of benzene rings is 3. The molecular formula is C27H23ClN4O3. The molecule has 176 valence electrons. The first kappa shape index (κ1) is 23.8. The van der Waals surface area contributed by atoms with Gasteiger partial charge in [0.25, 0.3) is 17.4 Å². The molecule has 1 heterocycles. The van der Waals surface area contributed by atoms with Crippen molar-refractivity contribution < 1.29 is 9.59 Å². The molecule has 0 spiro atoms. The minimum Gasteiger partial charge on any atom is -0.317 e. The molecule has 0 unspecified atom stereocenters. The van der Waals surface area contributed by atoms with Gasteiger partial charge in [-0.05, 0) is 48.9 Å². The molecule has 0 fully saturated rings. The van der Waals surface area contributed by atoms with Gasteiger partial charge in [0.2, 0.25) is 0 Å². The van der Waals surface area contributed by atoms with E-state index in [4.69, 9.17) is 11.6 Å². The van der Waals surface area contributed by atoms with Crippen molar-refractivity contribution in [2.45, 2.75) is 6.92 Å². The van der Waals surface area contributed by atoms with Gasteiger partial charge < -0.3 is 10.6 Å². The zero-order valence-electron chi connectivity index (χ0n) is 19.2. The number of carbonyl (C=O) groups is 2. The average molecular weight is 487 g/mol. The Bertz CT molecular complexity index is 1470. The van der Waals surface area contributed by atoms with E-state index in [0.717, 1.165) is 0 Å². The Morgan fingerprint density at radius 1 is 0.886 bits per heavy atom. The lowest BCUT2D eigenvalue weighted by atomic mass is 10.1. The molecule has 0 aliphatic carbocycles. The summed E-state index contributed by atoms with van der Waals surface area (Å²) in [6, 6.07) is 24.6. The highest BCUT2D eigenvalue weighted by Crippen LogP contribution is 2.19. The summed E-state index contributed by atoms with van der Waals surface area (Å²) in [5.74, 6) is -1.12. The lowest BCUT2D eigenvalue weighted by Gasteiger charge is -2.11. The normalized spacial score (nSPS) is 11.2. The molecule has 0 atom stereocenters. The second kappa shape index (κ2) is 10.3. The van der Waals surface area contributed by atoms with Gasteiger partial charge >= 0.3 is 0 Å². The van der Waals surface area contributed by atoms with Gasteiger partial charge in [-0.25, -0.2) is 4.68 Å². The fourth-order valence-corrected chi connectivity index (χ4v) is 3.77. The molecule has 7 nitrogen and oxygen atoms in total. The number of carbonyl (C=O) groups excluding carboxylic acids is 2. The molecule has 0 saturated carbocycles. The predicted octanol–water partition coefficient (Wildman–Crippen LogP) is 4.55. The van der Waals surface area contributed by atoms with Crippen LogP contribution in [0, 0.1) is 6.92 Å². The van der Waals surface area contributed by atoms with Gasteiger partial charge in [-0.3, -0.25) is 19.1 Å². The van der Waals surface area contributed by atoms with Crippen LogP contribution >= 0.6 is 11.6 Å². The van der Waals surface area contributed by atoms with Crippen molar-refractivity contribution in [3.8, 4) is 5.69 Å². The van der Waals surface area contributed by atoms with Gasteiger partial charge in [0.15, 0.2) is 0 Å². The number of anilines is 1. The van der Waals surface area contributed by atoms with Crippen molar-refractivity contribution in [1.29, 1.82) is 0 Å². The smallest absolute Gasteiger partial charge is 0.295 e. The third kappa shape index (κ3) is 5.10. The van der Waals surface area contributed by atoms with E-state index in [1.54, 1.807) is 85.4 Å². The summed E-state index contributed by atoms with van der Waals surface area (Å²) in [5, 5.41) is 5.76. The second-order valence-electron chi connectivity index (χ2n) is 7.79. The van der Waals surface area contributed by atoms with Gasteiger partial charge in [-0.15, -0.1) is 0 Å². The van der Waals surface area contributed by atoms with Crippen LogP contribution in [0.2, 0.25) is 5.02 Å². The van der Waals surface area contributed by atoms with E-state index in [1.165, 1.54) is 10.8 Å². The van der Waals surface area contributed by atoms with Gasteiger partial charge in [-0.2, -0.15) is 0 Å². The average Bonchev–Trinajstić information content (AvgIpc) is 3.08. The zero-order chi connectivity index (χ0) is 24.9. The van der Waals surface area contributed by atoms with E-state index in [9.17, 15) is 14.4 Å². The number of hydrogen-bond acceptors (Lipinski definition) is 3. The Kier molecular flexibility index (Phi) is 6.98. The number of para-hydroxylation sites is 1. The molecule has 1 aromatic heterocycles. The molecular weight excluding hydrogens is 464 g/mol. The molecule has 0 aliphatic heterocycles. The van der Waals surface area contributed by atoms with Crippen LogP contribution in [0.1, 0.15) is 21.6 Å². The highest BCUT2D eigenvalue weighted by atomic mass is 35.5. The summed E-state index contributed by atoms with van der Waals surface area (Å²) in [5.41, 5.74) is 1.80. The molecule has 4 rings (SSSR count). The minimum absolute atomic E-state index is 0.0548. The van der Waals surface area contributed by atoms with Gasteiger partial charge in [-0.1, -0.05) is 66.2 Å². The third-order valence-electron chi connectivity index (χ3n) is 5.53. The predicted molar refractivity (Wildman–Crippen MR) is 138 cm³/mol. The van der Waals surface area contributed by atoms with Crippen molar-refractivity contribution >= 4 is 35.2 Å². The number of nitrogens with one attached hydrogen (secondary N) is 2. The summed E-state index contributed by atoms with van der Waals surface area (Å²) < 4.78 is 3.12. The highest BCUT2D eigenvalue weighted by molar-refractivity contribution is 6.32. The van der Waals surface area contributed by atoms with E-state index >= 15 is 0 Å². The Morgan fingerprint density at radius 3 is 2.14 bits per heavy atom. The SMILES string of the molecule is Cc1c(NC(=O)/C(=C\c2ccccc2Cl)NC(=O)c2ccccc2)c(=O)n(-c2ccccc2)n1C. The molecule has 0 saturated heterocycles. The van der Waals surface area contributed by atoms with Crippen LogP contribution in [0.15, 0.2) is 95.4 Å². The standard InChI is InChI=1S/C27H23ClN4O3/c1-18-24(27(35)32(31(18)2)21-14-7-4-8-15-21)30-26(34)23(17-20-13-9-10-16-22(20)28)29-25(33)19-11-5-3-6-12-19/h3-17H,1-2H3,(H,29,33)(H,30,34)/b23-17+. The van der Waals surface area contributed by atoms with E-state index < -0.39 is 17.4 Å². The second-order valence-corrected chi connectivity index (χ2v) is 8.20.